The van der Waals surface area contributed by atoms with Crippen LogP contribution in [0.15, 0.2) is 48.5 Å². The predicted octanol–water partition coefficient (Wildman–Crippen LogP) is 1.70. The van der Waals surface area contributed by atoms with Crippen LogP contribution in [0, 0.1) is 12.7 Å². The van der Waals surface area contributed by atoms with Crippen molar-refractivity contribution in [2.24, 2.45) is 0 Å². The first-order valence-corrected chi connectivity index (χ1v) is 7.71. The van der Waals surface area contributed by atoms with Crippen molar-refractivity contribution in [3.63, 3.8) is 0 Å². The Hall–Kier alpha value is -3.06. The Balaban J connectivity index is 1.67. The molecule has 7 heteroatoms. The van der Waals surface area contributed by atoms with E-state index < -0.39 is 29.6 Å². The van der Waals surface area contributed by atoms with E-state index in [0.29, 0.717) is 5.56 Å². The summed E-state index contributed by atoms with van der Waals surface area (Å²) in [6.07, 6.45) is -0.165. The molecule has 3 amide bonds. The first-order valence-electron chi connectivity index (χ1n) is 7.71. The van der Waals surface area contributed by atoms with Crippen LogP contribution in [-0.2, 0) is 9.59 Å². The van der Waals surface area contributed by atoms with E-state index in [1.54, 1.807) is 30.3 Å². The SMILES string of the molecule is Cc1ccc(C(=O)NN[C@@H]2CC(=O)N(c3ccccc3F)C2=O)cc1. The maximum atomic E-state index is 13.8. The monoisotopic (exact) mass is 341 g/mol. The number of imide groups is 1. The zero-order chi connectivity index (χ0) is 18.0. The summed E-state index contributed by atoms with van der Waals surface area (Å²) in [5.41, 5.74) is 6.32. The van der Waals surface area contributed by atoms with Gasteiger partial charge in [0.2, 0.25) is 5.91 Å². The molecule has 2 aromatic carbocycles. The Morgan fingerprint density at radius 1 is 1.12 bits per heavy atom. The second kappa shape index (κ2) is 6.82. The number of carbonyl (C=O) groups excluding carboxylic acids is 3. The number of amides is 3. The standard InChI is InChI=1S/C18H16FN3O3/c1-11-6-8-12(9-7-11)17(24)21-20-14-10-16(23)22(18(14)25)15-5-3-2-4-13(15)19/h2-9,14,20H,10H2,1H3,(H,21,24)/t14-/m1/s1. The van der Waals surface area contributed by atoms with Gasteiger partial charge in [-0.3, -0.25) is 19.8 Å². The number of halogens is 1. The van der Waals surface area contributed by atoms with Crippen molar-refractivity contribution >= 4 is 23.4 Å². The fourth-order valence-corrected chi connectivity index (χ4v) is 2.56. The van der Waals surface area contributed by atoms with Gasteiger partial charge in [-0.15, -0.1) is 0 Å². The van der Waals surface area contributed by atoms with Gasteiger partial charge >= 0.3 is 0 Å². The van der Waals surface area contributed by atoms with Gasteiger partial charge < -0.3 is 0 Å². The van der Waals surface area contributed by atoms with Gasteiger partial charge in [-0.1, -0.05) is 29.8 Å². The lowest BCUT2D eigenvalue weighted by Gasteiger charge is -2.16. The largest absolute Gasteiger partial charge is 0.287 e. The molecule has 0 bridgehead atoms. The maximum Gasteiger partial charge on any atom is 0.265 e. The van der Waals surface area contributed by atoms with Gasteiger partial charge in [0.15, 0.2) is 0 Å². The number of nitrogens with zero attached hydrogens (tertiary/aromatic N) is 1. The molecule has 0 radical (unpaired) electrons. The van der Waals surface area contributed by atoms with Crippen LogP contribution in [0.3, 0.4) is 0 Å². The molecule has 0 saturated carbocycles. The van der Waals surface area contributed by atoms with Crippen LogP contribution in [0.1, 0.15) is 22.3 Å². The molecular weight excluding hydrogens is 325 g/mol. The van der Waals surface area contributed by atoms with Gasteiger partial charge in [0, 0.05) is 5.56 Å². The van der Waals surface area contributed by atoms with E-state index in [1.807, 2.05) is 6.92 Å². The molecule has 1 aliphatic rings. The zero-order valence-corrected chi connectivity index (χ0v) is 13.5. The predicted molar refractivity (Wildman–Crippen MR) is 89.1 cm³/mol. The number of anilines is 1. The molecule has 128 valence electrons. The third kappa shape index (κ3) is 3.41. The molecule has 1 aliphatic heterocycles. The van der Waals surface area contributed by atoms with E-state index in [0.717, 1.165) is 10.5 Å². The third-order valence-corrected chi connectivity index (χ3v) is 3.91. The lowest BCUT2D eigenvalue weighted by Crippen LogP contribution is -2.48. The smallest absolute Gasteiger partial charge is 0.265 e. The number of benzene rings is 2. The Kier molecular flexibility index (Phi) is 4.58. The van der Waals surface area contributed by atoms with Crippen LogP contribution in [0.5, 0.6) is 0 Å². The minimum absolute atomic E-state index is 0.0911. The van der Waals surface area contributed by atoms with Gasteiger partial charge in [-0.25, -0.2) is 14.7 Å². The number of hydrogen-bond acceptors (Lipinski definition) is 4. The third-order valence-electron chi connectivity index (χ3n) is 3.91. The van der Waals surface area contributed by atoms with Gasteiger partial charge in [0.05, 0.1) is 12.1 Å². The van der Waals surface area contributed by atoms with E-state index in [2.05, 4.69) is 10.9 Å². The summed E-state index contributed by atoms with van der Waals surface area (Å²) < 4.78 is 13.8. The molecule has 1 atom stereocenters. The van der Waals surface area contributed by atoms with E-state index in [-0.39, 0.29) is 12.1 Å². The number of carbonyl (C=O) groups is 3. The number of hydrogen-bond donors (Lipinski definition) is 2. The topological polar surface area (TPSA) is 78.5 Å². The van der Waals surface area contributed by atoms with Crippen molar-refractivity contribution in [2.75, 3.05) is 4.90 Å². The molecule has 6 nitrogen and oxygen atoms in total. The first kappa shape index (κ1) is 16.8. The Labute approximate surface area is 143 Å². The fourth-order valence-electron chi connectivity index (χ4n) is 2.56. The summed E-state index contributed by atoms with van der Waals surface area (Å²) in [7, 11) is 0. The summed E-state index contributed by atoms with van der Waals surface area (Å²) in [5, 5.41) is 0. The summed E-state index contributed by atoms with van der Waals surface area (Å²) in [4.78, 5) is 37.3. The Morgan fingerprint density at radius 2 is 1.80 bits per heavy atom. The van der Waals surface area contributed by atoms with E-state index in [9.17, 15) is 18.8 Å². The molecule has 2 aromatic rings. The second-order valence-electron chi connectivity index (χ2n) is 5.74. The van der Waals surface area contributed by atoms with E-state index in [1.165, 1.54) is 18.2 Å². The van der Waals surface area contributed by atoms with Crippen LogP contribution in [0.2, 0.25) is 0 Å². The van der Waals surface area contributed by atoms with Crippen LogP contribution in [-0.4, -0.2) is 23.8 Å². The normalized spacial score (nSPS) is 17.0. The molecular formula is C18H16FN3O3. The average Bonchev–Trinajstić information content (AvgIpc) is 2.88. The highest BCUT2D eigenvalue weighted by atomic mass is 19.1. The second-order valence-corrected chi connectivity index (χ2v) is 5.74. The summed E-state index contributed by atoms with van der Waals surface area (Å²) >= 11 is 0. The van der Waals surface area contributed by atoms with Crippen molar-refractivity contribution in [3.8, 4) is 0 Å². The van der Waals surface area contributed by atoms with Gasteiger partial charge in [-0.2, -0.15) is 0 Å². The zero-order valence-electron chi connectivity index (χ0n) is 13.5. The molecule has 0 spiro atoms. The number of aryl methyl sites for hydroxylation is 1. The number of hydrazine groups is 1. The highest BCUT2D eigenvalue weighted by Gasteiger charge is 2.40. The summed E-state index contributed by atoms with van der Waals surface area (Å²) in [6.45, 7) is 1.90. The van der Waals surface area contributed by atoms with Crippen molar-refractivity contribution in [1.82, 2.24) is 10.9 Å². The Morgan fingerprint density at radius 3 is 2.48 bits per heavy atom. The molecule has 0 unspecified atom stereocenters. The molecule has 1 heterocycles. The van der Waals surface area contributed by atoms with Crippen LogP contribution < -0.4 is 15.8 Å². The number of rotatable bonds is 4. The van der Waals surface area contributed by atoms with Gasteiger partial charge in [0.25, 0.3) is 11.8 Å². The molecule has 25 heavy (non-hydrogen) atoms. The number of para-hydroxylation sites is 1. The molecule has 0 aromatic heterocycles. The first-order chi connectivity index (χ1) is 12.0. The molecule has 1 saturated heterocycles. The minimum Gasteiger partial charge on any atom is -0.287 e. The molecule has 2 N–H and O–H groups in total. The summed E-state index contributed by atoms with van der Waals surface area (Å²) in [5.74, 6) is -2.23. The van der Waals surface area contributed by atoms with Crippen molar-refractivity contribution in [1.29, 1.82) is 0 Å². The maximum absolute atomic E-state index is 13.8. The van der Waals surface area contributed by atoms with Crippen LogP contribution in [0.4, 0.5) is 10.1 Å². The highest BCUT2D eigenvalue weighted by molar-refractivity contribution is 6.22. The average molecular weight is 341 g/mol. The quantitative estimate of drug-likeness (QED) is 0.655. The van der Waals surface area contributed by atoms with E-state index in [4.69, 9.17) is 0 Å². The molecule has 0 aliphatic carbocycles. The lowest BCUT2D eigenvalue weighted by molar-refractivity contribution is -0.121. The van der Waals surface area contributed by atoms with Crippen molar-refractivity contribution in [3.05, 3.63) is 65.5 Å². The van der Waals surface area contributed by atoms with Gasteiger partial charge in [-0.05, 0) is 31.2 Å². The molecule has 1 fully saturated rings. The Bertz CT molecular complexity index is 836. The van der Waals surface area contributed by atoms with Gasteiger partial charge in [0.1, 0.15) is 11.9 Å². The lowest BCUT2D eigenvalue weighted by atomic mass is 10.1. The fraction of sp³-hybridized carbons (Fsp3) is 0.167. The minimum atomic E-state index is -0.943. The number of nitrogens with one attached hydrogen (secondary N) is 2. The summed E-state index contributed by atoms with van der Waals surface area (Å²) in [6, 6.07) is 11.5. The molecule has 3 rings (SSSR count). The van der Waals surface area contributed by atoms with Crippen molar-refractivity contribution in [2.45, 2.75) is 19.4 Å². The van der Waals surface area contributed by atoms with E-state index >= 15 is 0 Å². The van der Waals surface area contributed by atoms with Crippen LogP contribution >= 0.6 is 0 Å². The highest BCUT2D eigenvalue weighted by Crippen LogP contribution is 2.25. The van der Waals surface area contributed by atoms with Crippen molar-refractivity contribution < 1.29 is 18.8 Å². The van der Waals surface area contributed by atoms with Crippen LogP contribution in [0.25, 0.3) is 0 Å².